The number of alkyl halides is 7. The van der Waals surface area contributed by atoms with Crippen LogP contribution in [0.1, 0.15) is 9.80 Å². The standard InChI is InChI=1S/C13H5ClF7NOS/c14-7-3-1-6(2-4-7)8-5-24-10(22-8)9(23)11(15,16)12(17,18)13(19,20)21/h1-5H. The van der Waals surface area contributed by atoms with Gasteiger partial charge in [0, 0.05) is 16.0 Å². The molecule has 11 heteroatoms. The van der Waals surface area contributed by atoms with Gasteiger partial charge in [0.1, 0.15) is 0 Å². The molecule has 0 saturated heterocycles. The number of nitrogens with zero attached hydrogens (tertiary/aromatic N) is 1. The normalized spacial score (nSPS) is 13.2. The zero-order valence-electron chi connectivity index (χ0n) is 11.2. The van der Waals surface area contributed by atoms with E-state index in [0.717, 1.165) is 5.38 Å². The maximum Gasteiger partial charge on any atom is 0.460 e. The summed E-state index contributed by atoms with van der Waals surface area (Å²) in [6.45, 7) is 0. The maximum atomic E-state index is 13.4. The van der Waals surface area contributed by atoms with Crippen molar-refractivity contribution in [3.63, 3.8) is 0 Å². The Morgan fingerprint density at radius 3 is 2.04 bits per heavy atom. The largest absolute Gasteiger partial charge is 0.460 e. The minimum atomic E-state index is -6.58. The third-order valence-corrected chi connectivity index (χ3v) is 3.97. The first kappa shape index (κ1) is 18.7. The quantitative estimate of drug-likeness (QED) is 0.510. The molecule has 0 amide bonds. The molecule has 0 unspecified atom stereocenters. The number of carbonyl (C=O) groups is 1. The Bertz CT molecular complexity index is 754. The molecular weight excluding hydrogens is 387 g/mol. The molecule has 0 spiro atoms. The second kappa shape index (κ2) is 5.99. The molecule has 0 saturated carbocycles. The minimum Gasteiger partial charge on any atom is -0.284 e. The van der Waals surface area contributed by atoms with Crippen molar-refractivity contribution in [3.05, 3.63) is 39.7 Å². The van der Waals surface area contributed by atoms with Gasteiger partial charge in [0.25, 0.3) is 5.78 Å². The number of ketones is 1. The van der Waals surface area contributed by atoms with Gasteiger partial charge in [-0.15, -0.1) is 11.3 Å². The third kappa shape index (κ3) is 3.12. The summed E-state index contributed by atoms with van der Waals surface area (Å²) in [6.07, 6.45) is -6.58. The molecule has 0 fully saturated rings. The lowest BCUT2D eigenvalue weighted by Crippen LogP contribution is -2.56. The highest BCUT2D eigenvalue weighted by molar-refractivity contribution is 7.12. The van der Waals surface area contributed by atoms with Crippen LogP contribution < -0.4 is 0 Å². The molecule has 0 aliphatic carbocycles. The Labute approximate surface area is 138 Å². The zero-order chi connectivity index (χ0) is 18.3. The van der Waals surface area contributed by atoms with Crippen LogP contribution >= 0.6 is 22.9 Å². The molecule has 2 rings (SSSR count). The third-order valence-electron chi connectivity index (χ3n) is 2.87. The van der Waals surface area contributed by atoms with Gasteiger partial charge < -0.3 is 0 Å². The van der Waals surface area contributed by atoms with Gasteiger partial charge in [0.2, 0.25) is 0 Å². The Morgan fingerprint density at radius 2 is 1.54 bits per heavy atom. The monoisotopic (exact) mass is 391 g/mol. The molecule has 2 nitrogen and oxygen atoms in total. The van der Waals surface area contributed by atoms with E-state index in [4.69, 9.17) is 11.6 Å². The summed E-state index contributed by atoms with van der Waals surface area (Å²) in [5.74, 6) is -15.2. The number of benzene rings is 1. The minimum absolute atomic E-state index is 0.0360. The summed E-state index contributed by atoms with van der Waals surface area (Å²) in [4.78, 5) is 14.9. The number of hydrogen-bond donors (Lipinski definition) is 0. The van der Waals surface area contributed by atoms with Crippen molar-refractivity contribution in [1.82, 2.24) is 4.98 Å². The van der Waals surface area contributed by atoms with Gasteiger partial charge in [-0.05, 0) is 12.1 Å². The van der Waals surface area contributed by atoms with Gasteiger partial charge >= 0.3 is 18.0 Å². The van der Waals surface area contributed by atoms with Gasteiger partial charge in [-0.2, -0.15) is 30.7 Å². The number of aromatic nitrogens is 1. The lowest BCUT2D eigenvalue weighted by Gasteiger charge is -2.26. The molecule has 0 N–H and O–H groups in total. The highest BCUT2D eigenvalue weighted by Crippen LogP contribution is 2.48. The van der Waals surface area contributed by atoms with E-state index in [-0.39, 0.29) is 17.0 Å². The molecule has 2 aromatic rings. The van der Waals surface area contributed by atoms with E-state index in [2.05, 4.69) is 4.98 Å². The SMILES string of the molecule is O=C(c1nc(-c2ccc(Cl)cc2)cs1)C(F)(F)C(F)(F)C(F)(F)F. The summed E-state index contributed by atoms with van der Waals surface area (Å²) in [5.41, 5.74) is 0.284. The maximum absolute atomic E-state index is 13.4. The molecule has 0 aliphatic heterocycles. The van der Waals surface area contributed by atoms with Gasteiger partial charge in [-0.3, -0.25) is 4.79 Å². The Morgan fingerprint density at radius 1 is 1.00 bits per heavy atom. The fraction of sp³-hybridized carbons (Fsp3) is 0.231. The highest BCUT2D eigenvalue weighted by atomic mass is 35.5. The molecule has 0 bridgehead atoms. The molecule has 1 aromatic carbocycles. The predicted octanol–water partition coefficient (Wildman–Crippen LogP) is 5.48. The fourth-order valence-electron chi connectivity index (χ4n) is 1.59. The van der Waals surface area contributed by atoms with E-state index in [1.807, 2.05) is 0 Å². The van der Waals surface area contributed by atoms with E-state index in [0.29, 0.717) is 10.6 Å². The van der Waals surface area contributed by atoms with Crippen LogP contribution in [0.15, 0.2) is 29.6 Å². The van der Waals surface area contributed by atoms with Gasteiger partial charge in [0.05, 0.1) is 5.69 Å². The Hall–Kier alpha value is -1.68. The average Bonchev–Trinajstić information content (AvgIpc) is 2.95. The summed E-state index contributed by atoms with van der Waals surface area (Å²) in [6, 6.07) is 5.66. The molecule has 1 aromatic heterocycles. The first-order valence-electron chi connectivity index (χ1n) is 5.96. The number of halogens is 8. The van der Waals surface area contributed by atoms with E-state index in [1.165, 1.54) is 24.3 Å². The molecule has 1 heterocycles. The number of carbonyl (C=O) groups excluding carboxylic acids is 1. The number of hydrogen-bond acceptors (Lipinski definition) is 3. The second-order valence-corrected chi connectivity index (χ2v) is 5.81. The van der Waals surface area contributed by atoms with Crippen LogP contribution in [0.4, 0.5) is 30.7 Å². The number of thiazole rings is 1. The zero-order valence-corrected chi connectivity index (χ0v) is 12.7. The van der Waals surface area contributed by atoms with Crippen LogP contribution in [0, 0.1) is 0 Å². The van der Waals surface area contributed by atoms with Crippen molar-refractivity contribution in [1.29, 1.82) is 0 Å². The van der Waals surface area contributed by atoms with Crippen LogP contribution in [0.25, 0.3) is 11.3 Å². The first-order chi connectivity index (χ1) is 10.9. The summed E-state index contributed by atoms with van der Waals surface area (Å²) in [5, 5.41) is 0.272. The predicted molar refractivity (Wildman–Crippen MR) is 72.8 cm³/mol. The van der Waals surface area contributed by atoms with E-state index in [1.54, 1.807) is 0 Å². The van der Waals surface area contributed by atoms with Gasteiger partial charge in [-0.25, -0.2) is 4.98 Å². The Kier molecular flexibility index (Phi) is 4.66. The molecular formula is C13H5ClF7NOS. The molecule has 24 heavy (non-hydrogen) atoms. The van der Waals surface area contributed by atoms with Crippen molar-refractivity contribution in [2.75, 3.05) is 0 Å². The fourth-order valence-corrected chi connectivity index (χ4v) is 2.51. The topological polar surface area (TPSA) is 30.0 Å². The molecule has 0 radical (unpaired) electrons. The smallest absolute Gasteiger partial charge is 0.284 e. The van der Waals surface area contributed by atoms with Crippen LogP contribution in [-0.4, -0.2) is 28.8 Å². The molecule has 0 aliphatic rings. The summed E-state index contributed by atoms with van der Waals surface area (Å²) in [7, 11) is 0. The van der Waals surface area contributed by atoms with Crippen LogP contribution in [0.2, 0.25) is 5.02 Å². The van der Waals surface area contributed by atoms with Crippen LogP contribution in [0.3, 0.4) is 0 Å². The van der Waals surface area contributed by atoms with E-state index < -0.39 is 28.8 Å². The van der Waals surface area contributed by atoms with Crippen molar-refractivity contribution < 1.29 is 35.5 Å². The highest BCUT2D eigenvalue weighted by Gasteiger charge is 2.76. The van der Waals surface area contributed by atoms with Crippen molar-refractivity contribution in [2.45, 2.75) is 18.0 Å². The molecule has 0 atom stereocenters. The summed E-state index contributed by atoms with van der Waals surface area (Å²) < 4.78 is 88.8. The van der Waals surface area contributed by atoms with Crippen molar-refractivity contribution >= 4 is 28.7 Å². The Balaban J connectivity index is 2.36. The first-order valence-corrected chi connectivity index (χ1v) is 7.22. The number of rotatable bonds is 4. The van der Waals surface area contributed by atoms with E-state index >= 15 is 0 Å². The van der Waals surface area contributed by atoms with Gasteiger partial charge in [-0.1, -0.05) is 23.7 Å². The lowest BCUT2D eigenvalue weighted by atomic mass is 10.1. The molecule has 130 valence electrons. The second-order valence-electron chi connectivity index (χ2n) is 4.52. The summed E-state index contributed by atoms with van der Waals surface area (Å²) >= 11 is 5.88. The number of Topliss-reactive ketones (excluding diaryl/α,β-unsaturated/α-hetero) is 1. The average molecular weight is 392 g/mol. The van der Waals surface area contributed by atoms with Crippen molar-refractivity contribution in [3.8, 4) is 11.3 Å². The van der Waals surface area contributed by atoms with E-state index in [9.17, 15) is 35.5 Å². The lowest BCUT2D eigenvalue weighted by molar-refractivity contribution is -0.339. The van der Waals surface area contributed by atoms with Gasteiger partial charge in [0.15, 0.2) is 5.01 Å². The van der Waals surface area contributed by atoms with Crippen LogP contribution in [-0.2, 0) is 0 Å². The van der Waals surface area contributed by atoms with Crippen LogP contribution in [0.5, 0.6) is 0 Å². The van der Waals surface area contributed by atoms with Crippen molar-refractivity contribution in [2.24, 2.45) is 0 Å².